The molecule has 0 spiro atoms. The molecule has 88 valence electrons. The number of carbonyl (C=O) groups is 1. The Kier molecular flexibility index (Phi) is 4.33. The van der Waals surface area contributed by atoms with Gasteiger partial charge in [-0.05, 0) is 17.5 Å². The molecule has 1 atom stereocenters. The Balaban J connectivity index is 0.00000128. The minimum Gasteiger partial charge on any atom is -0.347 e. The highest BCUT2D eigenvalue weighted by molar-refractivity contribution is 5.85. The number of fused-ring (bicyclic) bond motifs is 1. The fourth-order valence-corrected chi connectivity index (χ4v) is 1.94. The van der Waals surface area contributed by atoms with E-state index in [-0.39, 0.29) is 24.4 Å². The van der Waals surface area contributed by atoms with Gasteiger partial charge in [-0.15, -0.1) is 12.4 Å². The van der Waals surface area contributed by atoms with E-state index in [1.807, 2.05) is 12.1 Å². The SMILES string of the molecule is CN(C)C(=O)C1Cc2ccccc2CN1.Cl. The second-order valence-electron chi connectivity index (χ2n) is 4.14. The third kappa shape index (κ3) is 2.54. The second kappa shape index (κ2) is 5.32. The minimum absolute atomic E-state index is 0. The minimum atomic E-state index is -0.0603. The number of nitrogens with zero attached hydrogens (tertiary/aromatic N) is 1. The van der Waals surface area contributed by atoms with Crippen molar-refractivity contribution in [3.8, 4) is 0 Å². The molecule has 16 heavy (non-hydrogen) atoms. The Bertz CT molecular complexity index is 379. The van der Waals surface area contributed by atoms with E-state index in [1.165, 1.54) is 11.1 Å². The summed E-state index contributed by atoms with van der Waals surface area (Å²) in [5.41, 5.74) is 2.59. The summed E-state index contributed by atoms with van der Waals surface area (Å²) < 4.78 is 0. The van der Waals surface area contributed by atoms with Gasteiger partial charge in [0.15, 0.2) is 0 Å². The van der Waals surface area contributed by atoms with Gasteiger partial charge in [0.05, 0.1) is 6.04 Å². The third-order valence-electron chi connectivity index (χ3n) is 2.82. The largest absolute Gasteiger partial charge is 0.347 e. The van der Waals surface area contributed by atoms with Crippen molar-refractivity contribution >= 4 is 18.3 Å². The van der Waals surface area contributed by atoms with Crippen molar-refractivity contribution in [2.75, 3.05) is 14.1 Å². The van der Waals surface area contributed by atoms with E-state index < -0.39 is 0 Å². The molecule has 1 unspecified atom stereocenters. The van der Waals surface area contributed by atoms with Crippen LogP contribution in [0.2, 0.25) is 0 Å². The molecule has 2 rings (SSSR count). The standard InChI is InChI=1S/C12H16N2O.ClH/c1-14(2)12(15)11-7-9-5-3-4-6-10(9)8-13-11;/h3-6,11,13H,7-8H2,1-2H3;1H. The summed E-state index contributed by atoms with van der Waals surface area (Å²) in [6, 6.07) is 8.22. The number of benzene rings is 1. The molecule has 0 bridgehead atoms. The van der Waals surface area contributed by atoms with E-state index in [9.17, 15) is 4.79 Å². The lowest BCUT2D eigenvalue weighted by Gasteiger charge is -2.27. The van der Waals surface area contributed by atoms with Gasteiger partial charge in [-0.1, -0.05) is 24.3 Å². The first kappa shape index (κ1) is 13.0. The van der Waals surface area contributed by atoms with Crippen LogP contribution in [0.3, 0.4) is 0 Å². The molecule has 0 aliphatic carbocycles. The van der Waals surface area contributed by atoms with Crippen molar-refractivity contribution in [2.24, 2.45) is 0 Å². The first-order chi connectivity index (χ1) is 7.18. The first-order valence-corrected chi connectivity index (χ1v) is 5.20. The average molecular weight is 241 g/mol. The van der Waals surface area contributed by atoms with Crippen LogP contribution >= 0.6 is 12.4 Å². The normalized spacial score (nSPS) is 18.2. The molecule has 1 aliphatic heterocycles. The van der Waals surface area contributed by atoms with Crippen LogP contribution in [0.1, 0.15) is 11.1 Å². The number of likely N-dealkylation sites (N-methyl/N-ethyl adjacent to an activating group) is 1. The van der Waals surface area contributed by atoms with Crippen LogP contribution in [0.5, 0.6) is 0 Å². The number of halogens is 1. The van der Waals surface area contributed by atoms with Crippen molar-refractivity contribution in [1.29, 1.82) is 0 Å². The zero-order valence-corrected chi connectivity index (χ0v) is 10.4. The summed E-state index contributed by atoms with van der Waals surface area (Å²) in [5, 5.41) is 3.27. The molecular formula is C12H17ClN2O. The number of hydrogen-bond donors (Lipinski definition) is 1. The predicted octanol–water partition coefficient (Wildman–Crippen LogP) is 1.21. The zero-order valence-electron chi connectivity index (χ0n) is 9.56. The van der Waals surface area contributed by atoms with Crippen LogP contribution in [0, 0.1) is 0 Å². The number of nitrogens with one attached hydrogen (secondary N) is 1. The van der Waals surface area contributed by atoms with E-state index in [2.05, 4.69) is 17.4 Å². The molecule has 0 saturated heterocycles. The quantitative estimate of drug-likeness (QED) is 0.801. The number of rotatable bonds is 1. The third-order valence-corrected chi connectivity index (χ3v) is 2.82. The topological polar surface area (TPSA) is 32.3 Å². The molecule has 0 aromatic heterocycles. The van der Waals surface area contributed by atoms with Gasteiger partial charge in [-0.25, -0.2) is 0 Å². The highest BCUT2D eigenvalue weighted by Crippen LogP contribution is 2.16. The van der Waals surface area contributed by atoms with E-state index in [1.54, 1.807) is 19.0 Å². The van der Waals surface area contributed by atoms with Crippen LogP contribution in [0.4, 0.5) is 0 Å². The molecule has 1 amide bonds. The molecule has 1 N–H and O–H groups in total. The maximum Gasteiger partial charge on any atom is 0.239 e. The monoisotopic (exact) mass is 240 g/mol. The lowest BCUT2D eigenvalue weighted by molar-refractivity contribution is -0.131. The Morgan fingerprint density at radius 3 is 2.56 bits per heavy atom. The van der Waals surface area contributed by atoms with Gasteiger partial charge in [-0.2, -0.15) is 0 Å². The number of hydrogen-bond acceptors (Lipinski definition) is 2. The lowest BCUT2D eigenvalue weighted by atomic mass is 9.95. The summed E-state index contributed by atoms with van der Waals surface area (Å²) in [6.45, 7) is 0.792. The molecule has 0 radical (unpaired) electrons. The van der Waals surface area contributed by atoms with Gasteiger partial charge in [0, 0.05) is 20.6 Å². The van der Waals surface area contributed by atoms with Gasteiger partial charge in [0.25, 0.3) is 0 Å². The van der Waals surface area contributed by atoms with Crippen LogP contribution in [0.25, 0.3) is 0 Å². The molecule has 0 saturated carbocycles. The maximum absolute atomic E-state index is 11.8. The highest BCUT2D eigenvalue weighted by Gasteiger charge is 2.24. The van der Waals surface area contributed by atoms with Crippen LogP contribution in [0.15, 0.2) is 24.3 Å². The van der Waals surface area contributed by atoms with Crippen molar-refractivity contribution in [1.82, 2.24) is 10.2 Å². The second-order valence-corrected chi connectivity index (χ2v) is 4.14. The van der Waals surface area contributed by atoms with Crippen LogP contribution < -0.4 is 5.32 Å². The average Bonchev–Trinajstić information content (AvgIpc) is 2.27. The van der Waals surface area contributed by atoms with Crippen molar-refractivity contribution in [3.63, 3.8) is 0 Å². The molecule has 1 aromatic carbocycles. The number of amides is 1. The van der Waals surface area contributed by atoms with Crippen LogP contribution in [-0.2, 0) is 17.8 Å². The molecule has 0 fully saturated rings. The fraction of sp³-hybridized carbons (Fsp3) is 0.417. The first-order valence-electron chi connectivity index (χ1n) is 5.20. The van der Waals surface area contributed by atoms with E-state index in [0.29, 0.717) is 0 Å². The fourth-order valence-electron chi connectivity index (χ4n) is 1.94. The smallest absolute Gasteiger partial charge is 0.239 e. The van der Waals surface area contributed by atoms with Crippen molar-refractivity contribution < 1.29 is 4.79 Å². The van der Waals surface area contributed by atoms with Crippen molar-refractivity contribution in [3.05, 3.63) is 35.4 Å². The van der Waals surface area contributed by atoms with E-state index in [0.717, 1.165) is 13.0 Å². The van der Waals surface area contributed by atoms with Gasteiger partial charge in [0.1, 0.15) is 0 Å². The zero-order chi connectivity index (χ0) is 10.8. The maximum atomic E-state index is 11.8. The van der Waals surface area contributed by atoms with Gasteiger partial charge >= 0.3 is 0 Å². The van der Waals surface area contributed by atoms with E-state index in [4.69, 9.17) is 0 Å². The van der Waals surface area contributed by atoms with Crippen molar-refractivity contribution in [2.45, 2.75) is 19.0 Å². The molecule has 1 aliphatic rings. The van der Waals surface area contributed by atoms with E-state index >= 15 is 0 Å². The Morgan fingerprint density at radius 2 is 1.94 bits per heavy atom. The Labute approximate surface area is 102 Å². The summed E-state index contributed by atoms with van der Waals surface area (Å²) in [5.74, 6) is 0.157. The highest BCUT2D eigenvalue weighted by atomic mass is 35.5. The number of carbonyl (C=O) groups excluding carboxylic acids is 1. The van der Waals surface area contributed by atoms with Crippen LogP contribution in [-0.4, -0.2) is 30.9 Å². The molecule has 1 heterocycles. The predicted molar refractivity (Wildman–Crippen MR) is 66.7 cm³/mol. The molecule has 4 heteroatoms. The molecular weight excluding hydrogens is 224 g/mol. The lowest BCUT2D eigenvalue weighted by Crippen LogP contribution is -2.47. The van der Waals surface area contributed by atoms with Gasteiger partial charge in [0.2, 0.25) is 5.91 Å². The Hall–Kier alpha value is -1.06. The summed E-state index contributed by atoms with van der Waals surface area (Å²) in [7, 11) is 3.59. The summed E-state index contributed by atoms with van der Waals surface area (Å²) >= 11 is 0. The van der Waals surface area contributed by atoms with Gasteiger partial charge < -0.3 is 10.2 Å². The summed E-state index contributed by atoms with van der Waals surface area (Å²) in [4.78, 5) is 13.4. The molecule has 1 aromatic rings. The van der Waals surface area contributed by atoms with Gasteiger partial charge in [-0.3, -0.25) is 4.79 Å². The summed E-state index contributed by atoms with van der Waals surface area (Å²) in [6.07, 6.45) is 0.799. The Morgan fingerprint density at radius 1 is 1.31 bits per heavy atom. The molecule has 3 nitrogen and oxygen atoms in total.